The third kappa shape index (κ3) is 5.84. The van der Waals surface area contributed by atoms with E-state index in [-0.39, 0.29) is 37.5 Å². The van der Waals surface area contributed by atoms with Gasteiger partial charge in [-0.3, -0.25) is 0 Å². The molecule has 0 spiro atoms. The van der Waals surface area contributed by atoms with E-state index >= 15 is 0 Å². The molecule has 2 unspecified atom stereocenters. The van der Waals surface area contributed by atoms with Crippen LogP contribution >= 0.6 is 8.58 Å². The molecule has 0 fully saturated rings. The predicted octanol–water partition coefficient (Wildman–Crippen LogP) is 6.59. The van der Waals surface area contributed by atoms with Crippen molar-refractivity contribution < 1.29 is 31.4 Å². The van der Waals surface area contributed by atoms with E-state index in [1.54, 1.807) is 6.92 Å². The first kappa shape index (κ1) is 26.2. The summed E-state index contributed by atoms with van der Waals surface area (Å²) in [4.78, 5) is 0. The Labute approximate surface area is 176 Å². The highest BCUT2D eigenvalue weighted by Gasteiger charge is 2.27. The molecule has 2 nitrogen and oxygen atoms in total. The van der Waals surface area contributed by atoms with Crippen LogP contribution in [0.5, 0.6) is 11.5 Å². The van der Waals surface area contributed by atoms with Gasteiger partial charge in [0.05, 0.1) is 18.5 Å². The van der Waals surface area contributed by atoms with Crippen molar-refractivity contribution in [1.82, 2.24) is 0 Å². The first-order valence-corrected chi connectivity index (χ1v) is 11.0. The summed E-state index contributed by atoms with van der Waals surface area (Å²) in [5.41, 5.74) is 0.519. The Morgan fingerprint density at radius 1 is 0.900 bits per heavy atom. The lowest BCUT2D eigenvalue weighted by Gasteiger charge is -2.27. The van der Waals surface area contributed by atoms with E-state index in [1.807, 2.05) is 27.7 Å². The average Bonchev–Trinajstić information content (AvgIpc) is 2.75. The normalized spacial score (nSPS) is 15.2. The molecule has 0 saturated heterocycles. The number of hydrogen-bond acceptors (Lipinski definition) is 2. The van der Waals surface area contributed by atoms with Crippen LogP contribution in [0.2, 0.25) is 0 Å². The molecule has 1 aliphatic heterocycles. The van der Waals surface area contributed by atoms with Gasteiger partial charge in [0.25, 0.3) is 0 Å². The highest BCUT2D eigenvalue weighted by atomic mass is 31.1. The van der Waals surface area contributed by atoms with Gasteiger partial charge in [-0.1, -0.05) is 36.3 Å². The molecule has 8 heteroatoms. The second-order valence-corrected chi connectivity index (χ2v) is 7.72. The summed E-state index contributed by atoms with van der Waals surface area (Å²) in [6.45, 7) is 11.3. The monoisotopic (exact) mass is 450 g/mol. The highest BCUT2D eigenvalue weighted by molar-refractivity contribution is 7.48. The summed E-state index contributed by atoms with van der Waals surface area (Å²) in [5, 5.41) is 0.203. The van der Waals surface area contributed by atoms with Crippen molar-refractivity contribution in [3.8, 4) is 11.5 Å². The van der Waals surface area contributed by atoms with Gasteiger partial charge in [0, 0.05) is 5.66 Å². The van der Waals surface area contributed by atoms with Gasteiger partial charge in [0.1, 0.15) is 5.75 Å². The molecule has 1 aliphatic rings. The lowest BCUT2D eigenvalue weighted by Crippen LogP contribution is -2.28. The maximum Gasteiger partial charge on any atom is 0.203 e. The zero-order valence-electron chi connectivity index (χ0n) is 18.1. The number of ether oxygens (including phenoxy) is 2. The molecule has 2 aromatic carbocycles. The molecule has 168 valence electrons. The summed E-state index contributed by atoms with van der Waals surface area (Å²) < 4.78 is 78.6. The van der Waals surface area contributed by atoms with E-state index in [9.17, 15) is 22.0 Å². The Hall–Kier alpha value is -1.88. The Morgan fingerprint density at radius 2 is 1.47 bits per heavy atom. The van der Waals surface area contributed by atoms with Gasteiger partial charge in [0.15, 0.2) is 29.0 Å². The predicted molar refractivity (Wildman–Crippen MR) is 112 cm³/mol. The Bertz CT molecular complexity index is 858. The average molecular weight is 450 g/mol. The number of halogens is 5. The maximum absolute atomic E-state index is 14.0. The number of rotatable bonds is 4. The minimum absolute atomic E-state index is 0.00904. The van der Waals surface area contributed by atoms with Crippen LogP contribution < -0.4 is 14.8 Å². The van der Waals surface area contributed by atoms with Gasteiger partial charge in [-0.25, -0.2) is 17.6 Å². The third-order valence-corrected chi connectivity index (χ3v) is 5.75. The number of fused-ring (bicyclic) bond motifs is 1. The Morgan fingerprint density at radius 3 is 2.10 bits per heavy atom. The molecule has 30 heavy (non-hydrogen) atoms. The molecule has 3 rings (SSSR count). The third-order valence-electron chi connectivity index (χ3n) is 4.15. The molecule has 0 N–H and O–H groups in total. The first-order valence-electron chi connectivity index (χ1n) is 9.94. The van der Waals surface area contributed by atoms with Crippen LogP contribution in [-0.4, -0.2) is 18.9 Å². The molecule has 0 amide bonds. The summed E-state index contributed by atoms with van der Waals surface area (Å²) in [6.07, 6.45) is 0.366. The van der Waals surface area contributed by atoms with Crippen LogP contribution in [0.15, 0.2) is 12.1 Å². The van der Waals surface area contributed by atoms with Crippen molar-refractivity contribution in [1.29, 1.82) is 0 Å². The molecule has 0 saturated carbocycles. The van der Waals surface area contributed by atoms with Gasteiger partial charge >= 0.3 is 0 Å². The van der Waals surface area contributed by atoms with Crippen molar-refractivity contribution in [3.63, 3.8) is 0 Å². The largest absolute Gasteiger partial charge is 0.492 e. The van der Waals surface area contributed by atoms with Gasteiger partial charge in [-0.2, -0.15) is 4.39 Å². The van der Waals surface area contributed by atoms with E-state index in [4.69, 9.17) is 9.47 Å². The van der Waals surface area contributed by atoms with Crippen LogP contribution in [0, 0.1) is 42.9 Å². The van der Waals surface area contributed by atoms with E-state index in [1.165, 1.54) is 6.92 Å². The molecule has 0 aliphatic carbocycles. The van der Waals surface area contributed by atoms with E-state index < -0.39 is 29.1 Å². The van der Waals surface area contributed by atoms with Gasteiger partial charge in [0.2, 0.25) is 5.82 Å². The van der Waals surface area contributed by atoms with E-state index in [0.29, 0.717) is 24.3 Å². The van der Waals surface area contributed by atoms with Crippen molar-refractivity contribution in [2.45, 2.75) is 53.6 Å². The molecular formula is C22H28F5O2P. The molecule has 0 radical (unpaired) electrons. The Balaban J connectivity index is 0.00000106. The topological polar surface area (TPSA) is 18.5 Å². The van der Waals surface area contributed by atoms with Gasteiger partial charge < -0.3 is 9.47 Å². The van der Waals surface area contributed by atoms with Crippen LogP contribution in [-0.2, 0) is 0 Å². The lowest BCUT2D eigenvalue weighted by molar-refractivity contribution is 0.256. The molecule has 1 heterocycles. The van der Waals surface area contributed by atoms with Crippen molar-refractivity contribution >= 4 is 13.9 Å². The number of hydrogen-bond donors (Lipinski definition) is 0. The molecule has 2 atom stereocenters. The molecule has 0 aromatic heterocycles. The SMILES string of the molecule is CC.CC.Cc1cc(F)c(F)c(F)c1OCCC1COc2c(C)cc(F)c(F)c2P1. The van der Waals surface area contributed by atoms with Crippen molar-refractivity contribution in [2.24, 2.45) is 0 Å². The van der Waals surface area contributed by atoms with E-state index in [0.717, 1.165) is 12.1 Å². The summed E-state index contributed by atoms with van der Waals surface area (Å²) in [7, 11) is -0.0346. The van der Waals surface area contributed by atoms with Crippen molar-refractivity contribution in [3.05, 3.63) is 52.3 Å². The van der Waals surface area contributed by atoms with Gasteiger partial charge in [-0.05, 0) is 43.5 Å². The summed E-state index contributed by atoms with van der Waals surface area (Å²) >= 11 is 0. The smallest absolute Gasteiger partial charge is 0.203 e. The minimum atomic E-state index is -1.59. The zero-order valence-corrected chi connectivity index (χ0v) is 19.1. The second-order valence-electron chi connectivity index (χ2n) is 6.12. The quantitative estimate of drug-likeness (QED) is 0.297. The zero-order chi connectivity index (χ0) is 23.0. The number of benzene rings is 2. The standard InChI is InChI=1S/C18H16F5O2P.2C2H6/c1-8-5-11(19)13(21)15(23)16(8)24-4-3-10-7-25-17-9(2)6-12(20)14(22)18(17)26-10;2*1-2/h5-6,10,26H,3-4,7H2,1-2H3;2*1-2H3. The van der Waals surface area contributed by atoms with Crippen LogP contribution in [0.4, 0.5) is 22.0 Å². The molecule has 0 bridgehead atoms. The highest BCUT2D eigenvalue weighted by Crippen LogP contribution is 2.36. The molecule has 2 aromatic rings. The first-order chi connectivity index (χ1) is 14.3. The van der Waals surface area contributed by atoms with E-state index in [2.05, 4.69) is 0 Å². The minimum Gasteiger partial charge on any atom is -0.492 e. The fourth-order valence-corrected chi connectivity index (χ4v) is 4.30. The van der Waals surface area contributed by atoms with Crippen LogP contribution in [0.25, 0.3) is 0 Å². The lowest BCUT2D eigenvalue weighted by atomic mass is 10.2. The molecular weight excluding hydrogens is 422 g/mol. The van der Waals surface area contributed by atoms with Crippen molar-refractivity contribution in [2.75, 3.05) is 13.2 Å². The number of aryl methyl sites for hydroxylation is 2. The summed E-state index contributed by atoms with van der Waals surface area (Å²) in [6, 6.07) is 1.95. The fourth-order valence-electron chi connectivity index (χ4n) is 2.81. The Kier molecular flexibility index (Phi) is 10.5. The summed E-state index contributed by atoms with van der Waals surface area (Å²) in [5.74, 6) is -6.07. The van der Waals surface area contributed by atoms with Crippen LogP contribution in [0.3, 0.4) is 0 Å². The fraction of sp³-hybridized carbons (Fsp3) is 0.455. The second kappa shape index (κ2) is 12.1. The van der Waals surface area contributed by atoms with Gasteiger partial charge in [-0.15, -0.1) is 0 Å². The van der Waals surface area contributed by atoms with Crippen LogP contribution in [0.1, 0.15) is 45.2 Å². The maximum atomic E-state index is 14.0.